The first-order chi connectivity index (χ1) is 11.1. The van der Waals surface area contributed by atoms with E-state index in [9.17, 15) is 4.79 Å². The van der Waals surface area contributed by atoms with Crippen molar-refractivity contribution in [2.24, 2.45) is 5.92 Å². The first kappa shape index (κ1) is 16.3. The fourth-order valence-electron chi connectivity index (χ4n) is 3.64. The molecule has 2 aliphatic heterocycles. The highest BCUT2D eigenvalue weighted by atomic mass is 16.5. The maximum Gasteiger partial charge on any atom is 0.257 e. The average molecular weight is 318 g/mol. The highest BCUT2D eigenvalue weighted by molar-refractivity contribution is 5.95. The molecule has 0 aliphatic carbocycles. The van der Waals surface area contributed by atoms with Crippen LogP contribution in [0.2, 0.25) is 0 Å². The number of hydrogen-bond donors (Lipinski definition) is 0. The SMILES string of the molecule is CCc1nc(C)ncc1C(=O)N1C[C@@H](C)[C@@H](N2CCOCC2)C1. The normalized spacial score (nSPS) is 25.8. The molecule has 3 rings (SSSR count). The van der Waals surface area contributed by atoms with Crippen LogP contribution in [-0.2, 0) is 11.2 Å². The molecule has 0 aromatic carbocycles. The third kappa shape index (κ3) is 3.38. The van der Waals surface area contributed by atoms with Gasteiger partial charge in [-0.2, -0.15) is 0 Å². The Bertz CT molecular complexity index is 572. The van der Waals surface area contributed by atoms with E-state index in [1.165, 1.54) is 0 Å². The Labute approximate surface area is 137 Å². The number of aromatic nitrogens is 2. The van der Waals surface area contributed by atoms with Gasteiger partial charge in [0.05, 0.1) is 24.5 Å². The van der Waals surface area contributed by atoms with Crippen LogP contribution in [0.1, 0.15) is 35.7 Å². The lowest BCUT2D eigenvalue weighted by molar-refractivity contribution is 0.0119. The fraction of sp³-hybridized carbons (Fsp3) is 0.706. The molecule has 3 heterocycles. The smallest absolute Gasteiger partial charge is 0.257 e. The highest BCUT2D eigenvalue weighted by Gasteiger charge is 2.37. The maximum absolute atomic E-state index is 12.9. The van der Waals surface area contributed by atoms with Gasteiger partial charge < -0.3 is 9.64 Å². The van der Waals surface area contributed by atoms with Gasteiger partial charge in [-0.05, 0) is 19.3 Å². The number of morpholine rings is 1. The van der Waals surface area contributed by atoms with Gasteiger partial charge in [0.2, 0.25) is 0 Å². The summed E-state index contributed by atoms with van der Waals surface area (Å²) in [6, 6.07) is 0.430. The molecular formula is C17H26N4O2. The molecule has 1 aromatic rings. The van der Waals surface area contributed by atoms with Crippen LogP contribution in [0.5, 0.6) is 0 Å². The molecule has 0 spiro atoms. The molecule has 2 aliphatic rings. The Morgan fingerprint density at radius 2 is 2.09 bits per heavy atom. The molecule has 1 amide bonds. The van der Waals surface area contributed by atoms with E-state index >= 15 is 0 Å². The third-order valence-corrected chi connectivity index (χ3v) is 4.93. The van der Waals surface area contributed by atoms with Crippen molar-refractivity contribution < 1.29 is 9.53 Å². The minimum atomic E-state index is 0.0736. The van der Waals surface area contributed by atoms with E-state index in [4.69, 9.17) is 4.74 Å². The lowest BCUT2D eigenvalue weighted by Crippen LogP contribution is -2.47. The van der Waals surface area contributed by atoms with Crippen molar-refractivity contribution in [3.8, 4) is 0 Å². The van der Waals surface area contributed by atoms with Crippen LogP contribution in [0, 0.1) is 12.8 Å². The molecule has 0 bridgehead atoms. The van der Waals surface area contributed by atoms with Crippen LogP contribution in [0.4, 0.5) is 0 Å². The summed E-state index contributed by atoms with van der Waals surface area (Å²) in [7, 11) is 0. The van der Waals surface area contributed by atoms with Crippen molar-refractivity contribution in [2.75, 3.05) is 39.4 Å². The topological polar surface area (TPSA) is 58.6 Å². The molecule has 6 nitrogen and oxygen atoms in total. The highest BCUT2D eigenvalue weighted by Crippen LogP contribution is 2.24. The van der Waals surface area contributed by atoms with Gasteiger partial charge in [0, 0.05) is 38.4 Å². The minimum Gasteiger partial charge on any atom is -0.379 e. The Balaban J connectivity index is 1.73. The quantitative estimate of drug-likeness (QED) is 0.836. The van der Waals surface area contributed by atoms with Crippen molar-refractivity contribution in [1.82, 2.24) is 19.8 Å². The molecule has 23 heavy (non-hydrogen) atoms. The maximum atomic E-state index is 12.9. The van der Waals surface area contributed by atoms with Gasteiger partial charge in [0.15, 0.2) is 0 Å². The van der Waals surface area contributed by atoms with Crippen LogP contribution < -0.4 is 0 Å². The number of nitrogens with zero attached hydrogens (tertiary/aromatic N) is 4. The summed E-state index contributed by atoms with van der Waals surface area (Å²) >= 11 is 0. The largest absolute Gasteiger partial charge is 0.379 e. The summed E-state index contributed by atoms with van der Waals surface area (Å²) in [6.45, 7) is 11.2. The molecule has 2 fully saturated rings. The van der Waals surface area contributed by atoms with Crippen LogP contribution in [0.3, 0.4) is 0 Å². The molecule has 126 valence electrons. The minimum absolute atomic E-state index is 0.0736. The van der Waals surface area contributed by atoms with Crippen molar-refractivity contribution in [3.05, 3.63) is 23.3 Å². The number of amides is 1. The summed E-state index contributed by atoms with van der Waals surface area (Å²) < 4.78 is 5.44. The average Bonchev–Trinajstić information content (AvgIpc) is 2.96. The predicted molar refractivity (Wildman–Crippen MR) is 87.4 cm³/mol. The molecule has 0 saturated carbocycles. The second kappa shape index (κ2) is 6.93. The van der Waals surface area contributed by atoms with Gasteiger partial charge in [-0.25, -0.2) is 9.97 Å². The molecule has 2 saturated heterocycles. The van der Waals surface area contributed by atoms with Crippen LogP contribution in [0.15, 0.2) is 6.20 Å². The summed E-state index contributed by atoms with van der Waals surface area (Å²) in [5.41, 5.74) is 1.51. The Morgan fingerprint density at radius 3 is 2.78 bits per heavy atom. The number of carbonyl (C=O) groups is 1. The van der Waals surface area contributed by atoms with Gasteiger partial charge >= 0.3 is 0 Å². The Kier molecular flexibility index (Phi) is 4.92. The zero-order chi connectivity index (χ0) is 16.4. The monoisotopic (exact) mass is 318 g/mol. The summed E-state index contributed by atoms with van der Waals surface area (Å²) in [5, 5.41) is 0. The lowest BCUT2D eigenvalue weighted by Gasteiger charge is -2.34. The van der Waals surface area contributed by atoms with Gasteiger partial charge in [0.1, 0.15) is 5.82 Å². The third-order valence-electron chi connectivity index (χ3n) is 4.93. The molecule has 6 heteroatoms. The molecule has 0 radical (unpaired) electrons. The molecule has 1 aromatic heterocycles. The lowest BCUT2D eigenvalue weighted by atomic mass is 10.0. The zero-order valence-corrected chi connectivity index (χ0v) is 14.3. The molecule has 0 unspecified atom stereocenters. The fourth-order valence-corrected chi connectivity index (χ4v) is 3.64. The van der Waals surface area contributed by atoms with Crippen LogP contribution >= 0.6 is 0 Å². The van der Waals surface area contributed by atoms with Crippen LogP contribution in [-0.4, -0.2) is 71.1 Å². The van der Waals surface area contributed by atoms with E-state index in [0.717, 1.165) is 57.3 Å². The van der Waals surface area contributed by atoms with Crippen molar-refractivity contribution in [2.45, 2.75) is 33.2 Å². The second-order valence-corrected chi connectivity index (χ2v) is 6.53. The van der Waals surface area contributed by atoms with E-state index in [1.54, 1.807) is 6.20 Å². The number of carbonyl (C=O) groups excluding carboxylic acids is 1. The second-order valence-electron chi connectivity index (χ2n) is 6.53. The molecule has 2 atom stereocenters. The molecular weight excluding hydrogens is 292 g/mol. The zero-order valence-electron chi connectivity index (χ0n) is 14.3. The summed E-state index contributed by atoms with van der Waals surface area (Å²) in [5.74, 6) is 1.28. The Hall–Kier alpha value is -1.53. The van der Waals surface area contributed by atoms with Crippen molar-refractivity contribution in [1.29, 1.82) is 0 Å². The first-order valence-corrected chi connectivity index (χ1v) is 8.53. The Morgan fingerprint density at radius 1 is 1.35 bits per heavy atom. The number of ether oxygens (including phenoxy) is 1. The van der Waals surface area contributed by atoms with Gasteiger partial charge in [0.25, 0.3) is 5.91 Å². The van der Waals surface area contributed by atoms with E-state index < -0.39 is 0 Å². The predicted octanol–water partition coefficient (Wildman–Crippen LogP) is 1.14. The number of likely N-dealkylation sites (tertiary alicyclic amines) is 1. The number of hydrogen-bond acceptors (Lipinski definition) is 5. The van der Waals surface area contributed by atoms with E-state index in [1.807, 2.05) is 18.7 Å². The first-order valence-electron chi connectivity index (χ1n) is 8.53. The van der Waals surface area contributed by atoms with Gasteiger partial charge in [-0.3, -0.25) is 9.69 Å². The van der Waals surface area contributed by atoms with E-state index in [-0.39, 0.29) is 5.91 Å². The van der Waals surface area contributed by atoms with E-state index in [0.29, 0.717) is 17.5 Å². The van der Waals surface area contributed by atoms with Gasteiger partial charge in [-0.1, -0.05) is 13.8 Å². The van der Waals surface area contributed by atoms with Gasteiger partial charge in [-0.15, -0.1) is 0 Å². The summed E-state index contributed by atoms with van der Waals surface area (Å²) in [4.78, 5) is 26.0. The number of aryl methyl sites for hydroxylation is 2. The summed E-state index contributed by atoms with van der Waals surface area (Å²) in [6.07, 6.45) is 2.44. The molecule has 0 N–H and O–H groups in total. The number of rotatable bonds is 3. The van der Waals surface area contributed by atoms with Crippen molar-refractivity contribution >= 4 is 5.91 Å². The van der Waals surface area contributed by atoms with E-state index in [2.05, 4.69) is 21.8 Å². The van der Waals surface area contributed by atoms with Crippen LogP contribution in [0.25, 0.3) is 0 Å². The standard InChI is InChI=1S/C17H26N4O2/c1-4-15-14(9-18-13(3)19-15)17(22)21-10-12(2)16(11-21)20-5-7-23-8-6-20/h9,12,16H,4-8,10-11H2,1-3H3/t12-,16+/m1/s1. The van der Waals surface area contributed by atoms with Crippen molar-refractivity contribution in [3.63, 3.8) is 0 Å².